The quantitative estimate of drug-likeness (QED) is 0.374. The number of carbonyl (C=O) groups excluding carboxylic acids is 1. The number of ether oxygens (including phenoxy) is 1. The van der Waals surface area contributed by atoms with Crippen molar-refractivity contribution in [1.29, 1.82) is 0 Å². The van der Waals surface area contributed by atoms with Gasteiger partial charge in [-0.25, -0.2) is 0 Å². The number of benzene rings is 2. The first-order valence-corrected chi connectivity index (χ1v) is 11.7. The van der Waals surface area contributed by atoms with Crippen molar-refractivity contribution >= 4 is 34.6 Å². The molecule has 1 saturated heterocycles. The number of thiocarbonyl (C=S) groups is 1. The fourth-order valence-electron chi connectivity index (χ4n) is 4.43. The van der Waals surface area contributed by atoms with E-state index in [4.69, 9.17) is 17.0 Å². The number of hydrogen-bond donors (Lipinski definition) is 2. The van der Waals surface area contributed by atoms with E-state index in [0.717, 1.165) is 22.8 Å². The molecule has 35 heavy (non-hydrogen) atoms. The average Bonchev–Trinajstić information content (AvgIpc) is 3.50. The highest BCUT2D eigenvalue weighted by atomic mass is 32.1. The molecule has 0 radical (unpaired) electrons. The molecule has 0 bridgehead atoms. The number of aromatic nitrogens is 2. The van der Waals surface area contributed by atoms with Gasteiger partial charge < -0.3 is 24.8 Å². The highest BCUT2D eigenvalue weighted by molar-refractivity contribution is 7.80. The van der Waals surface area contributed by atoms with Crippen LogP contribution in [0.4, 0.5) is 11.4 Å². The summed E-state index contributed by atoms with van der Waals surface area (Å²) in [5.74, 6) is -0.201. The molecule has 3 heterocycles. The predicted octanol–water partition coefficient (Wildman–Crippen LogP) is 4.63. The monoisotopic (exact) mass is 483 g/mol. The van der Waals surface area contributed by atoms with Crippen LogP contribution in [0.15, 0.2) is 97.3 Å². The molecular weight excluding hydrogens is 458 g/mol. The minimum absolute atomic E-state index is 0.00614. The molecule has 2 aromatic heterocycles. The number of amides is 1. The van der Waals surface area contributed by atoms with Crippen molar-refractivity contribution in [3.63, 3.8) is 0 Å². The molecule has 5 rings (SSSR count). The van der Waals surface area contributed by atoms with Gasteiger partial charge in [-0.15, -0.1) is 0 Å². The molecule has 7 nitrogen and oxygen atoms in total. The Morgan fingerprint density at radius 3 is 2.49 bits per heavy atom. The topological polar surface area (TPSA) is 71.4 Å². The summed E-state index contributed by atoms with van der Waals surface area (Å²) in [6.45, 7) is 0.00614. The Hall–Kier alpha value is -4.01. The first kappa shape index (κ1) is 22.8. The van der Waals surface area contributed by atoms with Crippen LogP contribution in [0.2, 0.25) is 0 Å². The predicted molar refractivity (Wildman–Crippen MR) is 141 cm³/mol. The van der Waals surface area contributed by atoms with E-state index in [0.29, 0.717) is 10.8 Å². The summed E-state index contributed by atoms with van der Waals surface area (Å²) in [6.07, 6.45) is 3.86. The Morgan fingerprint density at radius 1 is 1.00 bits per heavy atom. The molecule has 1 aliphatic rings. The molecule has 2 aromatic carbocycles. The van der Waals surface area contributed by atoms with Crippen LogP contribution in [0.25, 0.3) is 5.69 Å². The molecule has 8 heteroatoms. The Kier molecular flexibility index (Phi) is 6.56. The van der Waals surface area contributed by atoms with Crippen LogP contribution in [0.5, 0.6) is 0 Å². The Morgan fingerprint density at radius 2 is 1.77 bits per heavy atom. The number of anilines is 2. The number of nitrogens with zero attached hydrogens (tertiary/aromatic N) is 3. The molecule has 176 valence electrons. The summed E-state index contributed by atoms with van der Waals surface area (Å²) in [5, 5.41) is 6.94. The lowest BCUT2D eigenvalue weighted by Gasteiger charge is -2.29. The molecular formula is C27H25N5O2S. The van der Waals surface area contributed by atoms with E-state index in [1.165, 1.54) is 7.11 Å². The minimum Gasteiger partial charge on any atom is -0.375 e. The molecule has 4 aromatic rings. The van der Waals surface area contributed by atoms with E-state index in [2.05, 4.69) is 49.5 Å². The zero-order valence-electron chi connectivity index (χ0n) is 19.2. The molecule has 0 aliphatic carbocycles. The van der Waals surface area contributed by atoms with Gasteiger partial charge in [-0.2, -0.15) is 0 Å². The average molecular weight is 484 g/mol. The van der Waals surface area contributed by atoms with Gasteiger partial charge in [-0.1, -0.05) is 24.3 Å². The van der Waals surface area contributed by atoms with Gasteiger partial charge in [-0.05, 0) is 72.9 Å². The lowest BCUT2D eigenvalue weighted by Crippen LogP contribution is -2.30. The van der Waals surface area contributed by atoms with Gasteiger partial charge in [0, 0.05) is 42.3 Å². The zero-order valence-corrected chi connectivity index (χ0v) is 20.0. The Bertz CT molecular complexity index is 1310. The van der Waals surface area contributed by atoms with Crippen molar-refractivity contribution in [2.75, 3.05) is 23.9 Å². The molecule has 1 aliphatic heterocycles. The van der Waals surface area contributed by atoms with E-state index < -0.39 is 0 Å². The fourth-order valence-corrected chi connectivity index (χ4v) is 4.77. The minimum atomic E-state index is -0.201. The van der Waals surface area contributed by atoms with Crippen LogP contribution < -0.4 is 15.5 Å². The van der Waals surface area contributed by atoms with Crippen LogP contribution in [0.3, 0.4) is 0 Å². The first-order valence-electron chi connectivity index (χ1n) is 11.3. The molecule has 2 unspecified atom stereocenters. The summed E-state index contributed by atoms with van der Waals surface area (Å²) in [4.78, 5) is 18.6. The van der Waals surface area contributed by atoms with Crippen molar-refractivity contribution in [2.24, 2.45) is 0 Å². The van der Waals surface area contributed by atoms with E-state index in [-0.39, 0.29) is 24.6 Å². The number of nitrogens with one attached hydrogen (secondary N) is 2. The van der Waals surface area contributed by atoms with Gasteiger partial charge in [-0.3, -0.25) is 9.78 Å². The third kappa shape index (κ3) is 4.66. The van der Waals surface area contributed by atoms with E-state index in [9.17, 15) is 4.79 Å². The van der Waals surface area contributed by atoms with Crippen molar-refractivity contribution < 1.29 is 9.53 Å². The van der Waals surface area contributed by atoms with E-state index in [1.54, 1.807) is 6.20 Å². The first-order chi connectivity index (χ1) is 17.2. The lowest BCUT2D eigenvalue weighted by atomic mass is 10.0. The van der Waals surface area contributed by atoms with Gasteiger partial charge in [0.05, 0.1) is 11.7 Å². The Balaban J connectivity index is 1.55. The standard InChI is InChI=1S/C27H25N5O2S/c1-34-18-24(33)29-19-12-14-21(15-13-19)32-26(25(30-27(32)35)22-10-5-6-16-28-22)23-11-7-17-31(23)20-8-3-2-4-9-20/h2-17,25-26H,18H2,1H3,(H,29,33)(H,30,35). The highest BCUT2D eigenvalue weighted by Gasteiger charge is 2.42. The van der Waals surface area contributed by atoms with Crippen molar-refractivity contribution in [2.45, 2.75) is 12.1 Å². The van der Waals surface area contributed by atoms with Gasteiger partial charge in [0.15, 0.2) is 5.11 Å². The molecule has 1 amide bonds. The fraction of sp³-hybridized carbons (Fsp3) is 0.148. The number of pyridine rings is 1. The number of methoxy groups -OCH3 is 1. The summed E-state index contributed by atoms with van der Waals surface area (Å²) < 4.78 is 7.08. The lowest BCUT2D eigenvalue weighted by molar-refractivity contribution is -0.119. The summed E-state index contributed by atoms with van der Waals surface area (Å²) in [6, 6.07) is 27.7. The van der Waals surface area contributed by atoms with Gasteiger partial charge in [0.25, 0.3) is 0 Å². The zero-order chi connectivity index (χ0) is 24.2. The normalized spacial score (nSPS) is 17.3. The van der Waals surface area contributed by atoms with E-state index in [1.807, 2.05) is 66.7 Å². The second-order valence-electron chi connectivity index (χ2n) is 8.16. The van der Waals surface area contributed by atoms with Gasteiger partial charge in [0.1, 0.15) is 12.6 Å². The van der Waals surface area contributed by atoms with Gasteiger partial charge >= 0.3 is 0 Å². The third-order valence-electron chi connectivity index (χ3n) is 5.92. The number of para-hydroxylation sites is 1. The number of hydrogen-bond acceptors (Lipinski definition) is 4. The molecule has 0 saturated carbocycles. The van der Waals surface area contributed by atoms with Crippen LogP contribution in [-0.4, -0.2) is 34.3 Å². The Labute approximate surface area is 209 Å². The second-order valence-corrected chi connectivity index (χ2v) is 8.55. The molecule has 2 atom stereocenters. The highest BCUT2D eigenvalue weighted by Crippen LogP contribution is 2.42. The maximum absolute atomic E-state index is 11.9. The van der Waals surface area contributed by atoms with E-state index >= 15 is 0 Å². The van der Waals surface area contributed by atoms with Crippen LogP contribution >= 0.6 is 12.2 Å². The third-order valence-corrected chi connectivity index (χ3v) is 6.24. The maximum Gasteiger partial charge on any atom is 0.250 e. The van der Waals surface area contributed by atoms with Crippen molar-refractivity contribution in [1.82, 2.24) is 14.9 Å². The molecule has 2 N–H and O–H groups in total. The van der Waals surface area contributed by atoms with Crippen molar-refractivity contribution in [3.8, 4) is 5.69 Å². The molecule has 1 fully saturated rings. The summed E-state index contributed by atoms with van der Waals surface area (Å²) in [5.41, 5.74) is 4.67. The maximum atomic E-state index is 11.9. The molecule has 0 spiro atoms. The summed E-state index contributed by atoms with van der Waals surface area (Å²) >= 11 is 5.84. The number of rotatable bonds is 7. The second kappa shape index (κ2) is 10.1. The van der Waals surface area contributed by atoms with Crippen LogP contribution in [0, 0.1) is 0 Å². The number of carbonyl (C=O) groups is 1. The van der Waals surface area contributed by atoms with Crippen molar-refractivity contribution in [3.05, 3.63) is 109 Å². The van der Waals surface area contributed by atoms with Gasteiger partial charge in [0.2, 0.25) is 5.91 Å². The smallest absolute Gasteiger partial charge is 0.250 e. The largest absolute Gasteiger partial charge is 0.375 e. The van der Waals surface area contributed by atoms with Crippen LogP contribution in [-0.2, 0) is 9.53 Å². The summed E-state index contributed by atoms with van der Waals surface area (Å²) in [7, 11) is 1.49. The SMILES string of the molecule is COCC(=O)Nc1ccc(N2C(=S)NC(c3ccccn3)C2c2cccn2-c2ccccc2)cc1. The van der Waals surface area contributed by atoms with Crippen LogP contribution in [0.1, 0.15) is 23.5 Å².